The van der Waals surface area contributed by atoms with Crippen molar-refractivity contribution in [3.8, 4) is 17.2 Å². The number of hydrazone groups is 1. The van der Waals surface area contributed by atoms with E-state index in [0.29, 0.717) is 22.6 Å². The third-order valence-electron chi connectivity index (χ3n) is 4.46. The number of amides is 1. The number of rotatable bonds is 6. The van der Waals surface area contributed by atoms with Crippen LogP contribution in [0.15, 0.2) is 59.7 Å². The normalized spacial score (nSPS) is 10.9. The summed E-state index contributed by atoms with van der Waals surface area (Å²) in [5.74, 6) is 0.874. The zero-order chi connectivity index (χ0) is 20.1. The quantitative estimate of drug-likeness (QED) is 0.524. The first-order valence-electron chi connectivity index (χ1n) is 8.85. The number of hydrogen-bond donors (Lipinski definition) is 1. The van der Waals surface area contributed by atoms with Crippen molar-refractivity contribution in [2.45, 2.75) is 13.8 Å². The van der Waals surface area contributed by atoms with Gasteiger partial charge in [0.25, 0.3) is 5.91 Å². The molecule has 144 valence electrons. The summed E-state index contributed by atoms with van der Waals surface area (Å²) in [6.45, 7) is 4.10. The third-order valence-corrected chi connectivity index (χ3v) is 4.46. The summed E-state index contributed by atoms with van der Waals surface area (Å²) < 4.78 is 12.7. The Morgan fingerprint density at radius 1 is 0.964 bits per heavy atom. The summed E-state index contributed by atoms with van der Waals surface area (Å²) in [6, 6.07) is 17.0. The van der Waals surface area contributed by atoms with Gasteiger partial charge in [-0.15, -0.1) is 0 Å². The molecule has 6 heteroatoms. The molecule has 0 aliphatic rings. The second-order valence-corrected chi connectivity index (χ2v) is 6.28. The molecular weight excluding hydrogens is 354 g/mol. The van der Waals surface area contributed by atoms with Gasteiger partial charge < -0.3 is 14.0 Å². The molecular formula is C22H23N3O3. The van der Waals surface area contributed by atoms with E-state index in [1.807, 2.05) is 24.3 Å². The number of carbonyl (C=O) groups is 1. The summed E-state index contributed by atoms with van der Waals surface area (Å²) in [6.07, 6.45) is 1.53. The first-order chi connectivity index (χ1) is 13.5. The molecule has 0 radical (unpaired) electrons. The average molecular weight is 377 g/mol. The van der Waals surface area contributed by atoms with E-state index in [4.69, 9.17) is 9.47 Å². The summed E-state index contributed by atoms with van der Waals surface area (Å²) in [7, 11) is 3.13. The lowest BCUT2D eigenvalue weighted by Crippen LogP contribution is -2.17. The molecule has 0 spiro atoms. The monoisotopic (exact) mass is 377 g/mol. The number of hydrogen-bond acceptors (Lipinski definition) is 4. The van der Waals surface area contributed by atoms with E-state index in [2.05, 4.69) is 41.1 Å². The summed E-state index contributed by atoms with van der Waals surface area (Å²) in [5.41, 5.74) is 7.08. The van der Waals surface area contributed by atoms with E-state index in [9.17, 15) is 4.79 Å². The smallest absolute Gasteiger partial charge is 0.271 e. The molecule has 0 saturated carbocycles. The fourth-order valence-corrected chi connectivity index (χ4v) is 3.08. The molecule has 28 heavy (non-hydrogen) atoms. The van der Waals surface area contributed by atoms with Crippen molar-refractivity contribution < 1.29 is 14.3 Å². The Labute approximate surface area is 164 Å². The van der Waals surface area contributed by atoms with Gasteiger partial charge in [0.15, 0.2) is 11.5 Å². The molecule has 0 fully saturated rings. The fraction of sp³-hybridized carbons (Fsp3) is 0.182. The lowest BCUT2D eigenvalue weighted by Gasteiger charge is -2.10. The fourth-order valence-electron chi connectivity index (χ4n) is 3.08. The summed E-state index contributed by atoms with van der Waals surface area (Å²) in [5, 5.41) is 4.04. The standard InChI is InChI=1S/C22H23N3O3/c1-15-8-9-16(2)25(15)19-12-10-17(11-13-19)22(26)24-23-14-18-6-5-7-20(27-3)21(18)28-4/h5-14H,1-4H3,(H,24,26)/b23-14+. The Bertz CT molecular complexity index is 985. The summed E-state index contributed by atoms with van der Waals surface area (Å²) >= 11 is 0. The van der Waals surface area contributed by atoms with E-state index < -0.39 is 0 Å². The molecule has 0 atom stereocenters. The highest BCUT2D eigenvalue weighted by Gasteiger charge is 2.09. The average Bonchev–Trinajstić information content (AvgIpc) is 3.05. The maximum absolute atomic E-state index is 12.4. The minimum atomic E-state index is -0.286. The largest absolute Gasteiger partial charge is 0.493 e. The predicted molar refractivity (Wildman–Crippen MR) is 110 cm³/mol. The van der Waals surface area contributed by atoms with Crippen LogP contribution in [0.4, 0.5) is 0 Å². The first kappa shape index (κ1) is 19.2. The van der Waals surface area contributed by atoms with Crippen LogP contribution in [0.25, 0.3) is 5.69 Å². The van der Waals surface area contributed by atoms with Crippen molar-refractivity contribution in [2.24, 2.45) is 5.10 Å². The van der Waals surface area contributed by atoms with Gasteiger partial charge in [0.1, 0.15) is 0 Å². The van der Waals surface area contributed by atoms with Crippen molar-refractivity contribution in [3.63, 3.8) is 0 Å². The number of aryl methyl sites for hydroxylation is 2. The molecule has 3 rings (SSSR count). The lowest BCUT2D eigenvalue weighted by atomic mass is 10.2. The van der Waals surface area contributed by atoms with Crippen molar-refractivity contribution >= 4 is 12.1 Å². The third kappa shape index (κ3) is 3.91. The second-order valence-electron chi connectivity index (χ2n) is 6.28. The van der Waals surface area contributed by atoms with Crippen molar-refractivity contribution in [2.75, 3.05) is 14.2 Å². The van der Waals surface area contributed by atoms with Crippen LogP contribution >= 0.6 is 0 Å². The number of nitrogens with zero attached hydrogens (tertiary/aromatic N) is 2. The highest BCUT2D eigenvalue weighted by molar-refractivity contribution is 5.95. The minimum absolute atomic E-state index is 0.286. The Hall–Kier alpha value is -3.54. The highest BCUT2D eigenvalue weighted by atomic mass is 16.5. The van der Waals surface area contributed by atoms with E-state index in [0.717, 1.165) is 17.1 Å². The SMILES string of the molecule is COc1cccc(/C=N/NC(=O)c2ccc(-n3c(C)ccc3C)cc2)c1OC. The van der Waals surface area contributed by atoms with Crippen LogP contribution in [0.3, 0.4) is 0 Å². The molecule has 0 aliphatic carbocycles. The number of nitrogens with one attached hydrogen (secondary N) is 1. The molecule has 0 aliphatic heterocycles. The Morgan fingerprint density at radius 2 is 1.64 bits per heavy atom. The maximum Gasteiger partial charge on any atom is 0.271 e. The molecule has 0 unspecified atom stereocenters. The lowest BCUT2D eigenvalue weighted by molar-refractivity contribution is 0.0955. The van der Waals surface area contributed by atoms with E-state index in [1.165, 1.54) is 6.21 Å². The van der Waals surface area contributed by atoms with Gasteiger partial charge in [0.05, 0.1) is 20.4 Å². The van der Waals surface area contributed by atoms with Crippen LogP contribution in [0.1, 0.15) is 27.3 Å². The van der Waals surface area contributed by atoms with Crippen LogP contribution in [-0.4, -0.2) is 30.9 Å². The zero-order valence-electron chi connectivity index (χ0n) is 16.4. The molecule has 1 amide bonds. The highest BCUT2D eigenvalue weighted by Crippen LogP contribution is 2.29. The van der Waals surface area contributed by atoms with Crippen LogP contribution < -0.4 is 14.9 Å². The number of aromatic nitrogens is 1. The molecule has 6 nitrogen and oxygen atoms in total. The van der Waals surface area contributed by atoms with Crippen LogP contribution in [0.2, 0.25) is 0 Å². The maximum atomic E-state index is 12.4. The van der Waals surface area contributed by atoms with Gasteiger partial charge in [0.2, 0.25) is 0 Å². The van der Waals surface area contributed by atoms with Crippen LogP contribution in [-0.2, 0) is 0 Å². The van der Waals surface area contributed by atoms with Gasteiger partial charge in [-0.05, 0) is 62.4 Å². The molecule has 1 heterocycles. The zero-order valence-corrected chi connectivity index (χ0v) is 16.4. The predicted octanol–water partition coefficient (Wildman–Crippen LogP) is 3.88. The van der Waals surface area contributed by atoms with Crippen LogP contribution in [0, 0.1) is 13.8 Å². The molecule has 1 N–H and O–H groups in total. The van der Waals surface area contributed by atoms with Gasteiger partial charge in [-0.3, -0.25) is 4.79 Å². The second kappa shape index (κ2) is 8.43. The minimum Gasteiger partial charge on any atom is -0.493 e. The first-order valence-corrected chi connectivity index (χ1v) is 8.85. The number of benzene rings is 2. The molecule has 2 aromatic carbocycles. The molecule has 1 aromatic heterocycles. The number of para-hydroxylation sites is 1. The Balaban J connectivity index is 1.71. The summed E-state index contributed by atoms with van der Waals surface area (Å²) in [4.78, 5) is 12.4. The molecule has 3 aromatic rings. The molecule has 0 bridgehead atoms. The number of methoxy groups -OCH3 is 2. The van der Waals surface area contributed by atoms with Crippen molar-refractivity contribution in [3.05, 3.63) is 77.1 Å². The van der Waals surface area contributed by atoms with Gasteiger partial charge in [0, 0.05) is 28.2 Å². The van der Waals surface area contributed by atoms with Gasteiger partial charge in [-0.2, -0.15) is 5.10 Å². The van der Waals surface area contributed by atoms with Crippen molar-refractivity contribution in [1.29, 1.82) is 0 Å². The number of carbonyl (C=O) groups excluding carboxylic acids is 1. The van der Waals surface area contributed by atoms with E-state index >= 15 is 0 Å². The van der Waals surface area contributed by atoms with Gasteiger partial charge in [-0.1, -0.05) is 6.07 Å². The van der Waals surface area contributed by atoms with E-state index in [-0.39, 0.29) is 5.91 Å². The van der Waals surface area contributed by atoms with Gasteiger partial charge >= 0.3 is 0 Å². The molecule has 0 saturated heterocycles. The van der Waals surface area contributed by atoms with Crippen LogP contribution in [0.5, 0.6) is 11.5 Å². The Morgan fingerprint density at radius 3 is 2.25 bits per heavy atom. The topological polar surface area (TPSA) is 64.8 Å². The van der Waals surface area contributed by atoms with E-state index in [1.54, 1.807) is 32.4 Å². The Kier molecular flexibility index (Phi) is 5.79. The van der Waals surface area contributed by atoms with Gasteiger partial charge in [-0.25, -0.2) is 5.43 Å². The van der Waals surface area contributed by atoms with Crippen molar-refractivity contribution in [1.82, 2.24) is 9.99 Å². The number of ether oxygens (including phenoxy) is 2.